The summed E-state index contributed by atoms with van der Waals surface area (Å²) < 4.78 is 14.1. The second-order valence-corrected chi connectivity index (χ2v) is 7.37. The number of piperidine rings is 1. The van der Waals surface area contributed by atoms with Crippen molar-refractivity contribution in [1.29, 1.82) is 0 Å². The third-order valence-electron chi connectivity index (χ3n) is 5.39. The molecule has 1 amide bonds. The number of nitrogens with two attached hydrogens (primary N) is 1. The van der Waals surface area contributed by atoms with Crippen LogP contribution >= 0.6 is 0 Å². The summed E-state index contributed by atoms with van der Waals surface area (Å²) in [7, 11) is 0. The van der Waals surface area contributed by atoms with E-state index in [9.17, 15) is 4.79 Å². The predicted molar refractivity (Wildman–Crippen MR) is 111 cm³/mol. The molecule has 148 valence electrons. The largest absolute Gasteiger partial charge is 0.490 e. The van der Waals surface area contributed by atoms with E-state index < -0.39 is 0 Å². The van der Waals surface area contributed by atoms with Crippen LogP contribution in [0.4, 0.5) is 6.01 Å². The Labute approximate surface area is 167 Å². The van der Waals surface area contributed by atoms with Crippen molar-refractivity contribution in [2.75, 3.05) is 18.0 Å². The van der Waals surface area contributed by atoms with Gasteiger partial charge in [0.1, 0.15) is 23.9 Å². The number of para-hydroxylation sites is 2. The molecule has 1 saturated heterocycles. The number of nitrogens with zero attached hydrogens (tertiary/aromatic N) is 3. The van der Waals surface area contributed by atoms with Crippen LogP contribution in [0.25, 0.3) is 22.0 Å². The maximum atomic E-state index is 11.3. The normalized spacial score (nSPS) is 15.2. The summed E-state index contributed by atoms with van der Waals surface area (Å²) in [4.78, 5) is 18.0. The van der Waals surface area contributed by atoms with Gasteiger partial charge in [-0.1, -0.05) is 18.2 Å². The Morgan fingerprint density at radius 1 is 1.14 bits per heavy atom. The number of hydrogen-bond acceptors (Lipinski definition) is 5. The summed E-state index contributed by atoms with van der Waals surface area (Å²) in [5, 5.41) is 0.995. The van der Waals surface area contributed by atoms with Crippen molar-refractivity contribution in [2.24, 2.45) is 5.73 Å². The van der Waals surface area contributed by atoms with Crippen molar-refractivity contribution in [3.63, 3.8) is 0 Å². The van der Waals surface area contributed by atoms with E-state index in [-0.39, 0.29) is 18.6 Å². The zero-order valence-electron chi connectivity index (χ0n) is 16.0. The molecule has 0 unspecified atom stereocenters. The van der Waals surface area contributed by atoms with Crippen LogP contribution in [-0.4, -0.2) is 34.7 Å². The lowest BCUT2D eigenvalue weighted by Crippen LogP contribution is -2.38. The van der Waals surface area contributed by atoms with E-state index in [0.717, 1.165) is 53.7 Å². The molecule has 0 saturated carbocycles. The molecule has 1 aliphatic heterocycles. The molecule has 7 heteroatoms. The molecule has 0 radical (unpaired) electrons. The monoisotopic (exact) mass is 390 g/mol. The number of anilines is 1. The van der Waals surface area contributed by atoms with Crippen LogP contribution < -0.4 is 15.4 Å². The Morgan fingerprint density at radius 3 is 2.76 bits per heavy atom. The fourth-order valence-electron chi connectivity index (χ4n) is 3.94. The van der Waals surface area contributed by atoms with Gasteiger partial charge in [-0.3, -0.25) is 4.79 Å². The van der Waals surface area contributed by atoms with Crippen LogP contribution in [0.3, 0.4) is 0 Å². The molecule has 1 aliphatic rings. The zero-order valence-corrected chi connectivity index (χ0v) is 16.0. The molecule has 2 aromatic carbocycles. The van der Waals surface area contributed by atoms with E-state index in [1.807, 2.05) is 59.3 Å². The molecule has 5 rings (SSSR count). The molecular formula is C22H22N4O3. The van der Waals surface area contributed by atoms with Crippen molar-refractivity contribution in [1.82, 2.24) is 9.55 Å². The van der Waals surface area contributed by atoms with Gasteiger partial charge in [-0.15, -0.1) is 0 Å². The number of hydrogen-bond donors (Lipinski definition) is 1. The van der Waals surface area contributed by atoms with Gasteiger partial charge >= 0.3 is 0 Å². The Morgan fingerprint density at radius 2 is 1.97 bits per heavy atom. The summed E-state index contributed by atoms with van der Waals surface area (Å²) in [5.74, 6) is 0.478. The van der Waals surface area contributed by atoms with Crippen molar-refractivity contribution < 1.29 is 13.9 Å². The smallest absolute Gasteiger partial charge is 0.298 e. The fourth-order valence-corrected chi connectivity index (χ4v) is 3.94. The van der Waals surface area contributed by atoms with Crippen LogP contribution in [0.2, 0.25) is 0 Å². The van der Waals surface area contributed by atoms with Gasteiger partial charge in [0.25, 0.3) is 6.01 Å². The van der Waals surface area contributed by atoms with Gasteiger partial charge in [0, 0.05) is 37.5 Å². The number of rotatable bonds is 5. The highest BCUT2D eigenvalue weighted by molar-refractivity contribution is 5.88. The summed E-state index contributed by atoms with van der Waals surface area (Å²) in [6, 6.07) is 16.4. The minimum absolute atomic E-state index is 0.126. The van der Waals surface area contributed by atoms with Gasteiger partial charge in [-0.2, -0.15) is 4.98 Å². The van der Waals surface area contributed by atoms with Gasteiger partial charge in [0.2, 0.25) is 5.91 Å². The minimum Gasteiger partial charge on any atom is -0.490 e. The molecule has 0 spiro atoms. The fraction of sp³-hybridized carbons (Fsp3) is 0.273. The maximum absolute atomic E-state index is 11.3. The van der Waals surface area contributed by atoms with Gasteiger partial charge in [0.05, 0.1) is 5.52 Å². The first kappa shape index (κ1) is 17.6. The summed E-state index contributed by atoms with van der Waals surface area (Å²) in [6.07, 6.45) is 3.77. The Hall–Kier alpha value is -3.48. The highest BCUT2D eigenvalue weighted by Crippen LogP contribution is 2.30. The standard InChI is InChI=1S/C22H22N4O3/c23-21(27)14-26-13-10-16-18(26)5-3-7-19(16)28-15-8-11-25(12-9-15)22-24-17-4-1-2-6-20(17)29-22/h1-7,10,13,15H,8-9,11-12,14H2,(H2,23,27). The molecule has 1 fully saturated rings. The molecule has 7 nitrogen and oxygen atoms in total. The molecular weight excluding hydrogens is 368 g/mol. The molecule has 0 atom stereocenters. The van der Waals surface area contributed by atoms with Gasteiger partial charge in [-0.25, -0.2) is 0 Å². The van der Waals surface area contributed by atoms with Gasteiger partial charge < -0.3 is 24.4 Å². The number of carbonyl (C=O) groups excluding carboxylic acids is 1. The van der Waals surface area contributed by atoms with E-state index in [2.05, 4.69) is 9.88 Å². The average molecular weight is 390 g/mol. The van der Waals surface area contributed by atoms with Crippen molar-refractivity contribution in [3.8, 4) is 5.75 Å². The second kappa shape index (κ2) is 7.16. The van der Waals surface area contributed by atoms with Crippen molar-refractivity contribution >= 4 is 33.9 Å². The van der Waals surface area contributed by atoms with E-state index in [4.69, 9.17) is 14.9 Å². The maximum Gasteiger partial charge on any atom is 0.298 e. The van der Waals surface area contributed by atoms with Crippen LogP contribution in [0, 0.1) is 0 Å². The number of fused-ring (bicyclic) bond motifs is 2. The third-order valence-corrected chi connectivity index (χ3v) is 5.39. The molecule has 29 heavy (non-hydrogen) atoms. The number of benzene rings is 2. The molecule has 2 N–H and O–H groups in total. The Balaban J connectivity index is 1.28. The first-order chi connectivity index (χ1) is 14.2. The van der Waals surface area contributed by atoms with E-state index in [0.29, 0.717) is 6.01 Å². The van der Waals surface area contributed by atoms with Gasteiger partial charge in [0.15, 0.2) is 5.58 Å². The van der Waals surface area contributed by atoms with Crippen LogP contribution in [0.1, 0.15) is 12.8 Å². The molecule has 0 aliphatic carbocycles. The van der Waals surface area contributed by atoms with Crippen LogP contribution in [-0.2, 0) is 11.3 Å². The lowest BCUT2D eigenvalue weighted by molar-refractivity contribution is -0.118. The number of ether oxygens (including phenoxy) is 1. The number of oxazole rings is 1. The first-order valence-electron chi connectivity index (χ1n) is 9.81. The van der Waals surface area contributed by atoms with Gasteiger partial charge in [-0.05, 0) is 30.3 Å². The molecule has 3 heterocycles. The highest BCUT2D eigenvalue weighted by Gasteiger charge is 2.24. The first-order valence-corrected chi connectivity index (χ1v) is 9.81. The number of primary amides is 1. The topological polar surface area (TPSA) is 86.5 Å². The lowest BCUT2D eigenvalue weighted by atomic mass is 10.1. The van der Waals surface area contributed by atoms with E-state index in [1.54, 1.807) is 0 Å². The summed E-state index contributed by atoms with van der Waals surface area (Å²) in [6.45, 7) is 1.82. The minimum atomic E-state index is -0.361. The zero-order chi connectivity index (χ0) is 19.8. The Kier molecular flexibility index (Phi) is 4.35. The number of amides is 1. The van der Waals surface area contributed by atoms with Crippen LogP contribution in [0.15, 0.2) is 59.1 Å². The molecule has 0 bridgehead atoms. The van der Waals surface area contributed by atoms with E-state index in [1.165, 1.54) is 0 Å². The predicted octanol–water partition coefficient (Wildman–Crippen LogP) is 3.32. The van der Waals surface area contributed by atoms with E-state index >= 15 is 0 Å². The van der Waals surface area contributed by atoms with Crippen LogP contribution in [0.5, 0.6) is 5.75 Å². The second-order valence-electron chi connectivity index (χ2n) is 7.37. The lowest BCUT2D eigenvalue weighted by Gasteiger charge is -2.31. The SMILES string of the molecule is NC(=O)Cn1ccc2c(OC3CCN(c4nc5ccccc5o4)CC3)cccc21. The number of carbonyl (C=O) groups is 1. The van der Waals surface area contributed by atoms with Crippen molar-refractivity contribution in [3.05, 3.63) is 54.7 Å². The quantitative estimate of drug-likeness (QED) is 0.565. The number of aromatic nitrogens is 2. The molecule has 2 aromatic heterocycles. The Bertz CT molecular complexity index is 1140. The third kappa shape index (κ3) is 3.40. The highest BCUT2D eigenvalue weighted by atomic mass is 16.5. The average Bonchev–Trinajstić information content (AvgIpc) is 3.33. The summed E-state index contributed by atoms with van der Waals surface area (Å²) >= 11 is 0. The summed E-state index contributed by atoms with van der Waals surface area (Å²) in [5.41, 5.74) is 7.98. The van der Waals surface area contributed by atoms with Crippen molar-refractivity contribution in [2.45, 2.75) is 25.5 Å². The molecule has 4 aromatic rings.